The number of rotatable bonds is 2. The number of fused-ring (bicyclic) bond motifs is 2. The monoisotopic (exact) mass is 435 g/mol. The molecule has 0 spiro atoms. The van der Waals surface area contributed by atoms with Gasteiger partial charge in [0.1, 0.15) is 15.9 Å². The van der Waals surface area contributed by atoms with Gasteiger partial charge in [-0.1, -0.05) is 60.2 Å². The van der Waals surface area contributed by atoms with Crippen molar-refractivity contribution in [3.63, 3.8) is 0 Å². The Hall–Kier alpha value is -3.03. The molecule has 0 fully saturated rings. The average molecular weight is 436 g/mol. The Morgan fingerprint density at radius 3 is 2.60 bits per heavy atom. The van der Waals surface area contributed by atoms with Crippen molar-refractivity contribution in [1.29, 1.82) is 0 Å². The Morgan fingerprint density at radius 2 is 1.80 bits per heavy atom. The van der Waals surface area contributed by atoms with Gasteiger partial charge in [-0.2, -0.15) is 4.98 Å². The molecule has 1 aliphatic heterocycles. The quantitative estimate of drug-likeness (QED) is 0.474. The second-order valence-electron chi connectivity index (χ2n) is 7.28. The van der Waals surface area contributed by atoms with Gasteiger partial charge in [0.05, 0.1) is 10.7 Å². The number of aryl methyl sites for hydroxylation is 1. The number of anilines is 1. The zero-order valence-electron chi connectivity index (χ0n) is 16.2. The number of halogens is 1. The maximum absolute atomic E-state index is 13.0. The zero-order chi connectivity index (χ0) is 20.8. The van der Waals surface area contributed by atoms with Crippen LogP contribution in [0.15, 0.2) is 53.3 Å². The normalized spacial score (nSPS) is 13.5. The highest BCUT2D eigenvalue weighted by Crippen LogP contribution is 2.25. The topological polar surface area (TPSA) is 66.8 Å². The van der Waals surface area contributed by atoms with Crippen LogP contribution in [0, 0.1) is 11.6 Å². The molecule has 1 aliphatic rings. The Morgan fingerprint density at radius 1 is 1.07 bits per heavy atom. The van der Waals surface area contributed by atoms with E-state index >= 15 is 0 Å². The Bertz CT molecular complexity index is 1410. The lowest BCUT2D eigenvalue weighted by Crippen LogP contribution is -2.33. The number of hydrogen-bond donors (Lipinski definition) is 1. The largest absolute Gasteiger partial charge is 0.338 e. The van der Waals surface area contributed by atoms with E-state index in [1.807, 2.05) is 31.2 Å². The van der Waals surface area contributed by atoms with Crippen molar-refractivity contribution in [3.8, 4) is 5.69 Å². The molecule has 1 N–H and O–H groups in total. The number of hydrogen-bond acceptors (Lipinski definition) is 5. The van der Waals surface area contributed by atoms with E-state index in [0.29, 0.717) is 39.3 Å². The molecule has 0 saturated carbocycles. The highest BCUT2D eigenvalue weighted by molar-refractivity contribution is 7.71. The first-order chi connectivity index (χ1) is 14.5. The zero-order valence-corrected chi connectivity index (χ0v) is 17.8. The molecule has 6 nitrogen and oxygen atoms in total. The second kappa shape index (κ2) is 7.34. The van der Waals surface area contributed by atoms with E-state index < -0.39 is 0 Å². The lowest BCUT2D eigenvalue weighted by atomic mass is 10.0. The van der Waals surface area contributed by atoms with E-state index in [1.165, 1.54) is 11.1 Å². The van der Waals surface area contributed by atoms with Gasteiger partial charge in [-0.15, -0.1) is 0 Å². The average Bonchev–Trinajstić information content (AvgIpc) is 2.74. The standard InChI is InChI=1S/C22H18ClN5OS/c1-13-24-19-18(21(30)28(13)17-9-5-4-8-16(17)23)20(29)26-22(25-19)27-11-10-14-6-2-3-7-15(14)12-27/h2-9H,10-12H2,1H3,(H,25,26,29). The van der Waals surface area contributed by atoms with Gasteiger partial charge >= 0.3 is 0 Å². The summed E-state index contributed by atoms with van der Waals surface area (Å²) in [6.07, 6.45) is 0.901. The lowest BCUT2D eigenvalue weighted by Gasteiger charge is -2.29. The molecule has 0 saturated heterocycles. The number of nitrogens with zero attached hydrogens (tertiary/aromatic N) is 4. The van der Waals surface area contributed by atoms with Crippen LogP contribution in [0.1, 0.15) is 17.0 Å². The molecular formula is C22H18ClN5OS. The van der Waals surface area contributed by atoms with Crippen molar-refractivity contribution >= 4 is 40.8 Å². The number of nitrogens with one attached hydrogen (secondary N) is 1. The molecule has 2 aromatic heterocycles. The van der Waals surface area contributed by atoms with Gasteiger partial charge in [0.2, 0.25) is 5.95 Å². The maximum atomic E-state index is 13.0. The third-order valence-corrected chi connectivity index (χ3v) is 6.13. The van der Waals surface area contributed by atoms with Gasteiger partial charge < -0.3 is 4.90 Å². The maximum Gasteiger partial charge on any atom is 0.264 e. The van der Waals surface area contributed by atoms with Crippen molar-refractivity contribution in [2.75, 3.05) is 11.4 Å². The molecule has 0 radical (unpaired) electrons. The van der Waals surface area contributed by atoms with Crippen molar-refractivity contribution in [2.45, 2.75) is 19.9 Å². The summed E-state index contributed by atoms with van der Waals surface area (Å²) >= 11 is 12.0. The highest BCUT2D eigenvalue weighted by atomic mass is 35.5. The summed E-state index contributed by atoms with van der Waals surface area (Å²) in [7, 11) is 0. The predicted octanol–water partition coefficient (Wildman–Crippen LogP) is 4.36. The SMILES string of the molecule is Cc1nc2nc(N3CCc4ccccc4C3)[nH]c(=O)c2c(=S)n1-c1ccccc1Cl. The fourth-order valence-electron chi connectivity index (χ4n) is 3.93. The Labute approximate surface area is 182 Å². The molecule has 0 amide bonds. The van der Waals surface area contributed by atoms with Crippen molar-refractivity contribution in [2.24, 2.45) is 0 Å². The molecule has 8 heteroatoms. The third-order valence-electron chi connectivity index (χ3n) is 5.42. The Balaban J connectivity index is 1.64. The van der Waals surface area contributed by atoms with Crippen LogP contribution >= 0.6 is 23.8 Å². The van der Waals surface area contributed by atoms with Crippen LogP contribution in [0.25, 0.3) is 16.7 Å². The first-order valence-electron chi connectivity index (χ1n) is 9.63. The summed E-state index contributed by atoms with van der Waals surface area (Å²) in [5, 5.41) is 0.822. The van der Waals surface area contributed by atoms with Crippen LogP contribution in [0.3, 0.4) is 0 Å². The van der Waals surface area contributed by atoms with E-state index in [4.69, 9.17) is 23.8 Å². The smallest absolute Gasteiger partial charge is 0.264 e. The van der Waals surface area contributed by atoms with Gasteiger partial charge in [0.25, 0.3) is 5.56 Å². The second-order valence-corrected chi connectivity index (χ2v) is 8.07. The molecule has 5 rings (SSSR count). The van der Waals surface area contributed by atoms with E-state index in [9.17, 15) is 4.79 Å². The summed E-state index contributed by atoms with van der Waals surface area (Å²) in [5.74, 6) is 1.13. The Kier molecular flexibility index (Phi) is 4.64. The van der Waals surface area contributed by atoms with Crippen molar-refractivity contribution < 1.29 is 0 Å². The first-order valence-corrected chi connectivity index (χ1v) is 10.4. The van der Waals surface area contributed by atoms with E-state index in [2.05, 4.69) is 38.1 Å². The van der Waals surface area contributed by atoms with E-state index in [1.54, 1.807) is 10.6 Å². The third kappa shape index (κ3) is 3.11. The molecule has 0 bridgehead atoms. The lowest BCUT2D eigenvalue weighted by molar-refractivity contribution is 0.707. The van der Waals surface area contributed by atoms with Gasteiger partial charge in [-0.05, 0) is 36.6 Å². The van der Waals surface area contributed by atoms with Crippen LogP contribution in [0.2, 0.25) is 5.02 Å². The molecule has 0 atom stereocenters. The van der Waals surface area contributed by atoms with E-state index in [-0.39, 0.29) is 10.9 Å². The minimum atomic E-state index is -0.299. The molecule has 3 heterocycles. The van der Waals surface area contributed by atoms with Crippen LogP contribution in [-0.2, 0) is 13.0 Å². The van der Waals surface area contributed by atoms with Crippen LogP contribution < -0.4 is 10.5 Å². The molecule has 150 valence electrons. The highest BCUT2D eigenvalue weighted by Gasteiger charge is 2.20. The molecule has 0 aliphatic carbocycles. The van der Waals surface area contributed by atoms with Crippen LogP contribution in [-0.4, -0.2) is 26.1 Å². The fourth-order valence-corrected chi connectivity index (χ4v) is 4.56. The molecule has 30 heavy (non-hydrogen) atoms. The van der Waals surface area contributed by atoms with Crippen LogP contribution in [0.4, 0.5) is 5.95 Å². The molecular weight excluding hydrogens is 418 g/mol. The summed E-state index contributed by atoms with van der Waals surface area (Å²) in [5.41, 5.74) is 3.31. The number of aromatic amines is 1. The summed E-state index contributed by atoms with van der Waals surface area (Å²) < 4.78 is 2.06. The van der Waals surface area contributed by atoms with Crippen molar-refractivity contribution in [1.82, 2.24) is 19.5 Å². The minimum absolute atomic E-state index is 0.289. The summed E-state index contributed by atoms with van der Waals surface area (Å²) in [4.78, 5) is 27.2. The number of aromatic nitrogens is 4. The molecule has 4 aromatic rings. The summed E-state index contributed by atoms with van der Waals surface area (Å²) in [6, 6.07) is 15.7. The van der Waals surface area contributed by atoms with Crippen LogP contribution in [0.5, 0.6) is 0 Å². The van der Waals surface area contributed by atoms with E-state index in [0.717, 1.165) is 13.0 Å². The molecule has 0 unspecified atom stereocenters. The number of benzene rings is 2. The van der Waals surface area contributed by atoms with Gasteiger partial charge in [0.15, 0.2) is 5.65 Å². The minimum Gasteiger partial charge on any atom is -0.338 e. The predicted molar refractivity (Wildman–Crippen MR) is 121 cm³/mol. The fraction of sp³-hybridized carbons (Fsp3) is 0.182. The number of para-hydroxylation sites is 1. The molecule has 2 aromatic carbocycles. The van der Waals surface area contributed by atoms with Gasteiger partial charge in [-0.3, -0.25) is 14.3 Å². The van der Waals surface area contributed by atoms with Gasteiger partial charge in [-0.25, -0.2) is 4.98 Å². The first kappa shape index (κ1) is 19.0. The summed E-state index contributed by atoms with van der Waals surface area (Å²) in [6.45, 7) is 3.30. The van der Waals surface area contributed by atoms with Crippen molar-refractivity contribution in [3.05, 3.63) is 85.5 Å². The van der Waals surface area contributed by atoms with Gasteiger partial charge in [0, 0.05) is 13.1 Å². The number of H-pyrrole nitrogens is 1.